The molecule has 2 rings (SSSR count). The van der Waals surface area contributed by atoms with E-state index in [1.165, 1.54) is 0 Å². The van der Waals surface area contributed by atoms with E-state index in [2.05, 4.69) is 22.2 Å². The predicted octanol–water partition coefficient (Wildman–Crippen LogP) is 2.51. The Morgan fingerprint density at radius 2 is 2.33 bits per heavy atom. The van der Waals surface area contributed by atoms with E-state index in [-0.39, 0.29) is 6.04 Å². The van der Waals surface area contributed by atoms with Crippen molar-refractivity contribution in [2.24, 2.45) is 0 Å². The fourth-order valence-electron chi connectivity index (χ4n) is 1.64. The Balaban J connectivity index is 1.93. The van der Waals surface area contributed by atoms with Gasteiger partial charge in [-0.25, -0.2) is 4.98 Å². The largest absolute Gasteiger partial charge is 0.478 e. The van der Waals surface area contributed by atoms with Crippen LogP contribution in [0.15, 0.2) is 35.1 Å². The first-order chi connectivity index (χ1) is 8.78. The Hall–Kier alpha value is -2.04. The van der Waals surface area contributed by atoms with Gasteiger partial charge in [0.15, 0.2) is 0 Å². The van der Waals surface area contributed by atoms with Gasteiger partial charge in [-0.3, -0.25) is 0 Å². The minimum absolute atomic E-state index is 0.188. The minimum Gasteiger partial charge on any atom is -0.478 e. The molecule has 1 unspecified atom stereocenters. The molecule has 0 aliphatic carbocycles. The van der Waals surface area contributed by atoms with Crippen molar-refractivity contribution in [3.63, 3.8) is 0 Å². The molecule has 0 amide bonds. The molecule has 0 fully saturated rings. The number of ether oxygens (including phenoxy) is 1. The maximum Gasteiger partial charge on any atom is 0.226 e. The van der Waals surface area contributed by atoms with E-state index < -0.39 is 0 Å². The van der Waals surface area contributed by atoms with E-state index in [0.29, 0.717) is 18.4 Å². The van der Waals surface area contributed by atoms with Gasteiger partial charge in [-0.1, -0.05) is 0 Å². The van der Waals surface area contributed by atoms with Gasteiger partial charge in [0.2, 0.25) is 11.8 Å². The van der Waals surface area contributed by atoms with Crippen molar-refractivity contribution in [2.75, 3.05) is 11.9 Å². The lowest BCUT2D eigenvalue weighted by Crippen LogP contribution is -2.19. The zero-order chi connectivity index (χ0) is 12.8. The molecule has 5 heteroatoms. The maximum atomic E-state index is 5.32. The lowest BCUT2D eigenvalue weighted by molar-refractivity contribution is 0.326. The molecule has 0 bridgehead atoms. The number of hydrogen-bond donors (Lipinski definition) is 1. The SMILES string of the molecule is CCOc1ccnc(NC(C)Cc2ccco2)n1. The van der Waals surface area contributed by atoms with Crippen LogP contribution in [0.25, 0.3) is 0 Å². The zero-order valence-corrected chi connectivity index (χ0v) is 10.6. The highest BCUT2D eigenvalue weighted by molar-refractivity contribution is 5.29. The molecule has 0 spiro atoms. The molecule has 0 aromatic carbocycles. The smallest absolute Gasteiger partial charge is 0.226 e. The van der Waals surface area contributed by atoms with Crippen molar-refractivity contribution in [1.82, 2.24) is 9.97 Å². The van der Waals surface area contributed by atoms with Crippen LogP contribution in [0, 0.1) is 0 Å². The number of nitrogens with one attached hydrogen (secondary N) is 1. The summed E-state index contributed by atoms with van der Waals surface area (Å²) in [6.07, 6.45) is 4.14. The first-order valence-electron chi connectivity index (χ1n) is 6.02. The lowest BCUT2D eigenvalue weighted by atomic mass is 10.2. The molecule has 0 saturated heterocycles. The fraction of sp³-hybridized carbons (Fsp3) is 0.385. The van der Waals surface area contributed by atoms with Crippen LogP contribution >= 0.6 is 0 Å². The molecule has 0 radical (unpaired) electrons. The summed E-state index contributed by atoms with van der Waals surface area (Å²) in [4.78, 5) is 8.41. The number of furan rings is 1. The van der Waals surface area contributed by atoms with Gasteiger partial charge in [-0.05, 0) is 26.0 Å². The summed E-state index contributed by atoms with van der Waals surface area (Å²) in [6, 6.07) is 5.77. The number of aromatic nitrogens is 2. The second-order valence-electron chi connectivity index (χ2n) is 3.98. The van der Waals surface area contributed by atoms with Gasteiger partial charge in [0.05, 0.1) is 12.9 Å². The van der Waals surface area contributed by atoms with Gasteiger partial charge in [0.25, 0.3) is 0 Å². The lowest BCUT2D eigenvalue weighted by Gasteiger charge is -2.12. The summed E-state index contributed by atoms with van der Waals surface area (Å²) in [7, 11) is 0. The van der Waals surface area contributed by atoms with Gasteiger partial charge < -0.3 is 14.5 Å². The highest BCUT2D eigenvalue weighted by atomic mass is 16.5. The van der Waals surface area contributed by atoms with Crippen molar-refractivity contribution in [3.05, 3.63) is 36.4 Å². The topological polar surface area (TPSA) is 60.2 Å². The summed E-state index contributed by atoms with van der Waals surface area (Å²) in [5, 5.41) is 3.22. The van der Waals surface area contributed by atoms with Crippen molar-refractivity contribution in [3.8, 4) is 5.88 Å². The van der Waals surface area contributed by atoms with Crippen molar-refractivity contribution < 1.29 is 9.15 Å². The van der Waals surface area contributed by atoms with Gasteiger partial charge >= 0.3 is 0 Å². The van der Waals surface area contributed by atoms with Crippen molar-refractivity contribution in [2.45, 2.75) is 26.3 Å². The van der Waals surface area contributed by atoms with Gasteiger partial charge in [-0.2, -0.15) is 4.98 Å². The highest BCUT2D eigenvalue weighted by Gasteiger charge is 2.07. The van der Waals surface area contributed by atoms with E-state index in [0.717, 1.165) is 12.2 Å². The van der Waals surface area contributed by atoms with Crippen LogP contribution in [-0.4, -0.2) is 22.6 Å². The van der Waals surface area contributed by atoms with Gasteiger partial charge in [-0.15, -0.1) is 0 Å². The molecule has 0 saturated carbocycles. The number of nitrogens with zero attached hydrogens (tertiary/aromatic N) is 2. The van der Waals surface area contributed by atoms with E-state index in [9.17, 15) is 0 Å². The minimum atomic E-state index is 0.188. The Kier molecular flexibility index (Phi) is 4.17. The van der Waals surface area contributed by atoms with Crippen LogP contribution in [0.5, 0.6) is 5.88 Å². The average molecular weight is 247 g/mol. The molecule has 1 N–H and O–H groups in total. The standard InChI is InChI=1S/C13H17N3O2/c1-3-17-12-6-7-14-13(16-12)15-10(2)9-11-5-4-8-18-11/h4-8,10H,3,9H2,1-2H3,(H,14,15,16). The third kappa shape index (κ3) is 3.48. The average Bonchev–Trinajstić information content (AvgIpc) is 2.82. The second-order valence-corrected chi connectivity index (χ2v) is 3.98. The summed E-state index contributed by atoms with van der Waals surface area (Å²) in [5.41, 5.74) is 0. The third-order valence-corrected chi connectivity index (χ3v) is 2.39. The van der Waals surface area contributed by atoms with Crippen LogP contribution in [0.4, 0.5) is 5.95 Å². The monoisotopic (exact) mass is 247 g/mol. The molecule has 0 aliphatic rings. The Bertz CT molecular complexity index is 471. The van der Waals surface area contributed by atoms with Gasteiger partial charge in [0.1, 0.15) is 5.76 Å². The first-order valence-corrected chi connectivity index (χ1v) is 6.02. The number of hydrogen-bond acceptors (Lipinski definition) is 5. The predicted molar refractivity (Wildman–Crippen MR) is 68.7 cm³/mol. The molecule has 5 nitrogen and oxygen atoms in total. The molecule has 2 heterocycles. The quantitative estimate of drug-likeness (QED) is 0.849. The summed E-state index contributed by atoms with van der Waals surface area (Å²) < 4.78 is 10.6. The molecule has 2 aromatic rings. The van der Waals surface area contributed by atoms with Crippen molar-refractivity contribution >= 4 is 5.95 Å². The first kappa shape index (κ1) is 12.4. The zero-order valence-electron chi connectivity index (χ0n) is 10.6. The van der Waals surface area contributed by atoms with Crippen LogP contribution in [0.2, 0.25) is 0 Å². The Morgan fingerprint density at radius 1 is 1.44 bits per heavy atom. The number of anilines is 1. The molecule has 1 atom stereocenters. The normalized spacial score (nSPS) is 12.1. The summed E-state index contributed by atoms with van der Waals surface area (Å²) in [6.45, 7) is 4.58. The van der Waals surface area contributed by atoms with E-state index in [1.54, 1.807) is 18.5 Å². The number of rotatable bonds is 6. The molecular weight excluding hydrogens is 230 g/mol. The van der Waals surface area contributed by atoms with E-state index in [1.807, 2.05) is 19.1 Å². The van der Waals surface area contributed by atoms with E-state index >= 15 is 0 Å². The Labute approximate surface area is 106 Å². The van der Waals surface area contributed by atoms with Gasteiger partial charge in [0, 0.05) is 24.7 Å². The van der Waals surface area contributed by atoms with Crippen LogP contribution in [0.3, 0.4) is 0 Å². The summed E-state index contributed by atoms with van der Waals surface area (Å²) in [5.74, 6) is 2.09. The summed E-state index contributed by atoms with van der Waals surface area (Å²) >= 11 is 0. The maximum absolute atomic E-state index is 5.32. The molecule has 0 aliphatic heterocycles. The van der Waals surface area contributed by atoms with Crippen LogP contribution < -0.4 is 10.1 Å². The van der Waals surface area contributed by atoms with Crippen LogP contribution in [-0.2, 0) is 6.42 Å². The highest BCUT2D eigenvalue weighted by Crippen LogP contribution is 2.11. The second kappa shape index (κ2) is 6.05. The molecular formula is C13H17N3O2. The molecule has 96 valence electrons. The van der Waals surface area contributed by atoms with Crippen LogP contribution in [0.1, 0.15) is 19.6 Å². The molecule has 2 aromatic heterocycles. The fourth-order valence-corrected chi connectivity index (χ4v) is 1.64. The van der Waals surface area contributed by atoms with Crippen molar-refractivity contribution in [1.29, 1.82) is 0 Å². The van der Waals surface area contributed by atoms with E-state index in [4.69, 9.17) is 9.15 Å². The third-order valence-electron chi connectivity index (χ3n) is 2.39. The Morgan fingerprint density at radius 3 is 3.06 bits per heavy atom. The molecule has 18 heavy (non-hydrogen) atoms.